The summed E-state index contributed by atoms with van der Waals surface area (Å²) in [5.74, 6) is 0.0874. The summed E-state index contributed by atoms with van der Waals surface area (Å²) in [7, 11) is 0. The Morgan fingerprint density at radius 3 is 2.83 bits per heavy atom. The first-order valence-corrected chi connectivity index (χ1v) is 6.88. The van der Waals surface area contributed by atoms with Gasteiger partial charge in [-0.25, -0.2) is 0 Å². The summed E-state index contributed by atoms with van der Waals surface area (Å²) in [6.07, 6.45) is 0. The lowest BCUT2D eigenvalue weighted by Gasteiger charge is -2.27. The van der Waals surface area contributed by atoms with E-state index in [-0.39, 0.29) is 12.5 Å². The third-order valence-electron chi connectivity index (χ3n) is 2.73. The molecule has 6 heteroatoms. The lowest BCUT2D eigenvalue weighted by Crippen LogP contribution is -2.43. The summed E-state index contributed by atoms with van der Waals surface area (Å²) in [5, 5.41) is 3.74. The van der Waals surface area contributed by atoms with Gasteiger partial charge in [0.2, 0.25) is 5.91 Å². The third-order valence-corrected chi connectivity index (χ3v) is 3.94. The van der Waals surface area contributed by atoms with Crippen LogP contribution in [0.5, 0.6) is 0 Å². The number of hydrogen-bond donors (Lipinski definition) is 1. The molecule has 0 aliphatic carbocycles. The van der Waals surface area contributed by atoms with Crippen molar-refractivity contribution in [2.24, 2.45) is 0 Å². The van der Waals surface area contributed by atoms with Gasteiger partial charge in [0.1, 0.15) is 0 Å². The lowest BCUT2D eigenvalue weighted by molar-refractivity contribution is -0.133. The average molecular weight is 334 g/mol. The van der Waals surface area contributed by atoms with Crippen LogP contribution >= 0.6 is 27.5 Å². The van der Waals surface area contributed by atoms with Crippen LogP contribution in [0.3, 0.4) is 0 Å². The first kappa shape index (κ1) is 13.6. The Morgan fingerprint density at radius 2 is 2.17 bits per heavy atom. The Kier molecular flexibility index (Phi) is 4.86. The minimum Gasteiger partial charge on any atom is -0.378 e. The standard InChI is InChI=1S/C12H14BrClN2O2/c13-10-7-9(1-2-11(10)14)15-8-12(17)16-3-5-18-6-4-16/h1-2,7,15H,3-6,8H2. The highest BCUT2D eigenvalue weighted by molar-refractivity contribution is 9.10. The van der Waals surface area contributed by atoms with Crippen LogP contribution in [0.4, 0.5) is 5.69 Å². The smallest absolute Gasteiger partial charge is 0.242 e. The molecule has 0 spiro atoms. The van der Waals surface area contributed by atoms with E-state index in [0.717, 1.165) is 10.2 Å². The molecule has 1 aromatic rings. The largest absolute Gasteiger partial charge is 0.378 e. The van der Waals surface area contributed by atoms with Gasteiger partial charge in [0.05, 0.1) is 24.8 Å². The molecule has 0 atom stereocenters. The third kappa shape index (κ3) is 3.60. The number of carbonyl (C=O) groups excluding carboxylic acids is 1. The SMILES string of the molecule is O=C(CNc1ccc(Cl)c(Br)c1)N1CCOCC1. The van der Waals surface area contributed by atoms with Gasteiger partial charge in [0.25, 0.3) is 0 Å². The molecule has 1 aromatic carbocycles. The molecule has 1 saturated heterocycles. The van der Waals surface area contributed by atoms with Crippen molar-refractivity contribution in [1.82, 2.24) is 4.90 Å². The Balaban J connectivity index is 1.86. The van der Waals surface area contributed by atoms with E-state index in [0.29, 0.717) is 31.3 Å². The monoisotopic (exact) mass is 332 g/mol. The van der Waals surface area contributed by atoms with Crippen molar-refractivity contribution in [3.8, 4) is 0 Å². The van der Waals surface area contributed by atoms with Gasteiger partial charge in [-0.2, -0.15) is 0 Å². The molecular weight excluding hydrogens is 320 g/mol. The summed E-state index contributed by atoms with van der Waals surface area (Å²) >= 11 is 9.25. The Morgan fingerprint density at radius 1 is 1.44 bits per heavy atom. The van der Waals surface area contributed by atoms with E-state index in [2.05, 4.69) is 21.2 Å². The molecule has 1 heterocycles. The van der Waals surface area contributed by atoms with Gasteiger partial charge in [-0.1, -0.05) is 11.6 Å². The van der Waals surface area contributed by atoms with Gasteiger partial charge < -0.3 is 15.0 Å². The van der Waals surface area contributed by atoms with Crippen molar-refractivity contribution in [1.29, 1.82) is 0 Å². The molecule has 4 nitrogen and oxygen atoms in total. The molecule has 1 N–H and O–H groups in total. The highest BCUT2D eigenvalue weighted by Gasteiger charge is 2.16. The molecule has 1 aliphatic heterocycles. The minimum atomic E-state index is 0.0874. The van der Waals surface area contributed by atoms with Crippen LogP contribution in [0.15, 0.2) is 22.7 Å². The number of amides is 1. The summed E-state index contributed by atoms with van der Waals surface area (Å²) in [4.78, 5) is 13.7. The number of nitrogens with zero attached hydrogens (tertiary/aromatic N) is 1. The summed E-state index contributed by atoms with van der Waals surface area (Å²) in [6.45, 7) is 2.88. The number of rotatable bonds is 3. The first-order chi connectivity index (χ1) is 8.66. The van der Waals surface area contributed by atoms with E-state index in [4.69, 9.17) is 16.3 Å². The van der Waals surface area contributed by atoms with Gasteiger partial charge in [0.15, 0.2) is 0 Å². The maximum Gasteiger partial charge on any atom is 0.242 e. The van der Waals surface area contributed by atoms with Crippen LogP contribution in [-0.4, -0.2) is 43.7 Å². The summed E-state index contributed by atoms with van der Waals surface area (Å²) < 4.78 is 6.02. The van der Waals surface area contributed by atoms with E-state index in [1.54, 1.807) is 6.07 Å². The molecule has 2 rings (SSSR count). The number of morpholine rings is 1. The second-order valence-corrected chi connectivity index (χ2v) is 5.24. The number of benzene rings is 1. The van der Waals surface area contributed by atoms with Gasteiger partial charge in [-0.05, 0) is 34.1 Å². The minimum absolute atomic E-state index is 0.0874. The van der Waals surface area contributed by atoms with E-state index in [1.165, 1.54) is 0 Å². The second kappa shape index (κ2) is 6.41. The van der Waals surface area contributed by atoms with Crippen LogP contribution in [0, 0.1) is 0 Å². The zero-order valence-electron chi connectivity index (χ0n) is 9.79. The van der Waals surface area contributed by atoms with Crippen LogP contribution in [-0.2, 0) is 9.53 Å². The van der Waals surface area contributed by atoms with Crippen molar-refractivity contribution in [2.45, 2.75) is 0 Å². The quantitative estimate of drug-likeness (QED) is 0.923. The van der Waals surface area contributed by atoms with Crippen molar-refractivity contribution >= 4 is 39.1 Å². The van der Waals surface area contributed by atoms with Crippen LogP contribution < -0.4 is 5.32 Å². The fourth-order valence-corrected chi connectivity index (χ4v) is 2.20. The van der Waals surface area contributed by atoms with Gasteiger partial charge in [0, 0.05) is 23.2 Å². The van der Waals surface area contributed by atoms with E-state index in [1.807, 2.05) is 17.0 Å². The predicted octanol–water partition coefficient (Wildman–Crippen LogP) is 2.37. The summed E-state index contributed by atoms with van der Waals surface area (Å²) in [6, 6.07) is 5.49. The van der Waals surface area contributed by atoms with E-state index >= 15 is 0 Å². The van der Waals surface area contributed by atoms with Gasteiger partial charge in [-0.15, -0.1) is 0 Å². The van der Waals surface area contributed by atoms with Crippen molar-refractivity contribution in [3.05, 3.63) is 27.7 Å². The number of nitrogens with one attached hydrogen (secondary N) is 1. The number of anilines is 1. The van der Waals surface area contributed by atoms with E-state index < -0.39 is 0 Å². The number of ether oxygens (including phenoxy) is 1. The second-order valence-electron chi connectivity index (χ2n) is 3.98. The molecular formula is C12H14BrClN2O2. The molecule has 18 heavy (non-hydrogen) atoms. The predicted molar refractivity (Wildman–Crippen MR) is 75.0 cm³/mol. The number of halogens is 2. The normalized spacial score (nSPS) is 15.6. The lowest BCUT2D eigenvalue weighted by atomic mass is 10.3. The molecule has 0 saturated carbocycles. The zero-order chi connectivity index (χ0) is 13.0. The Labute approximate surface area is 119 Å². The Hall–Kier alpha value is -0.780. The molecule has 1 amide bonds. The maximum absolute atomic E-state index is 11.9. The molecule has 0 bridgehead atoms. The zero-order valence-corrected chi connectivity index (χ0v) is 12.1. The van der Waals surface area contributed by atoms with Crippen LogP contribution in [0.1, 0.15) is 0 Å². The van der Waals surface area contributed by atoms with Gasteiger partial charge in [-0.3, -0.25) is 4.79 Å². The maximum atomic E-state index is 11.9. The molecule has 1 aliphatic rings. The van der Waals surface area contributed by atoms with Gasteiger partial charge >= 0.3 is 0 Å². The Bertz CT molecular complexity index is 436. The van der Waals surface area contributed by atoms with Crippen LogP contribution in [0.2, 0.25) is 5.02 Å². The highest BCUT2D eigenvalue weighted by atomic mass is 79.9. The highest BCUT2D eigenvalue weighted by Crippen LogP contribution is 2.25. The molecule has 0 radical (unpaired) electrons. The first-order valence-electron chi connectivity index (χ1n) is 5.71. The molecule has 98 valence electrons. The molecule has 0 unspecified atom stereocenters. The molecule has 0 aromatic heterocycles. The number of carbonyl (C=O) groups is 1. The fourth-order valence-electron chi connectivity index (χ4n) is 1.71. The van der Waals surface area contributed by atoms with E-state index in [9.17, 15) is 4.79 Å². The molecule has 1 fully saturated rings. The van der Waals surface area contributed by atoms with Crippen molar-refractivity contribution in [2.75, 3.05) is 38.2 Å². The summed E-state index contributed by atoms with van der Waals surface area (Å²) in [5.41, 5.74) is 0.868. The topological polar surface area (TPSA) is 41.6 Å². The van der Waals surface area contributed by atoms with Crippen molar-refractivity contribution in [3.63, 3.8) is 0 Å². The average Bonchev–Trinajstić information content (AvgIpc) is 2.41. The number of hydrogen-bond acceptors (Lipinski definition) is 3. The van der Waals surface area contributed by atoms with Crippen LogP contribution in [0.25, 0.3) is 0 Å². The van der Waals surface area contributed by atoms with Crippen molar-refractivity contribution < 1.29 is 9.53 Å². The fraction of sp³-hybridized carbons (Fsp3) is 0.417.